The lowest BCUT2D eigenvalue weighted by molar-refractivity contribution is -0.121. The fourth-order valence-corrected chi connectivity index (χ4v) is 4.92. The minimum atomic E-state index is -3.50. The van der Waals surface area contributed by atoms with E-state index in [0.29, 0.717) is 13.0 Å². The number of carbonyl (C=O) groups excluding carboxylic acids is 1. The van der Waals surface area contributed by atoms with Crippen LogP contribution in [0.1, 0.15) is 24.4 Å². The van der Waals surface area contributed by atoms with Gasteiger partial charge in [0.2, 0.25) is 15.9 Å². The molecule has 2 heterocycles. The first-order valence-electron chi connectivity index (χ1n) is 9.52. The van der Waals surface area contributed by atoms with Crippen molar-refractivity contribution in [3.05, 3.63) is 53.9 Å². The molecule has 1 amide bonds. The topological polar surface area (TPSA) is 75.5 Å². The highest BCUT2D eigenvalue weighted by molar-refractivity contribution is 7.89. The number of fused-ring (bicyclic) bond motifs is 2. The fourth-order valence-electron chi connectivity index (χ4n) is 3.97. The fraction of sp³-hybridized carbons (Fsp3) is 0.333. The Morgan fingerprint density at radius 3 is 2.62 bits per heavy atom. The number of nitrogens with zero attached hydrogens (tertiary/aromatic N) is 4. The lowest BCUT2D eigenvalue weighted by Crippen LogP contribution is -2.35. The first kappa shape index (κ1) is 19.6. The van der Waals surface area contributed by atoms with Crippen molar-refractivity contribution in [1.29, 1.82) is 0 Å². The summed E-state index contributed by atoms with van der Waals surface area (Å²) in [6.07, 6.45) is 0.633. The Morgan fingerprint density at radius 2 is 1.90 bits per heavy atom. The summed E-state index contributed by atoms with van der Waals surface area (Å²) in [7, 11) is -0.477. The molecule has 0 saturated carbocycles. The summed E-state index contributed by atoms with van der Waals surface area (Å²) in [5.41, 5.74) is 3.45. The van der Waals surface area contributed by atoms with E-state index in [1.807, 2.05) is 42.7 Å². The van der Waals surface area contributed by atoms with Crippen molar-refractivity contribution in [2.75, 3.05) is 25.5 Å². The molecule has 0 spiro atoms. The second kappa shape index (κ2) is 6.96. The number of rotatable bonds is 4. The largest absolute Gasteiger partial charge is 0.316 e. The van der Waals surface area contributed by atoms with Crippen molar-refractivity contribution in [2.24, 2.45) is 0 Å². The molecular formula is C21H24N4O3S. The highest BCUT2D eigenvalue weighted by atomic mass is 32.2. The van der Waals surface area contributed by atoms with Gasteiger partial charge in [-0.3, -0.25) is 4.79 Å². The number of anilines is 1. The van der Waals surface area contributed by atoms with E-state index in [-0.39, 0.29) is 10.8 Å². The number of amides is 1. The molecule has 3 aromatic rings. The molecule has 152 valence electrons. The van der Waals surface area contributed by atoms with Gasteiger partial charge in [0.25, 0.3) is 0 Å². The molecule has 0 saturated heterocycles. The molecule has 0 radical (unpaired) electrons. The Bertz CT molecular complexity index is 1210. The molecule has 2 aromatic carbocycles. The molecule has 1 atom stereocenters. The van der Waals surface area contributed by atoms with Gasteiger partial charge in [0.05, 0.1) is 15.9 Å². The average molecular weight is 413 g/mol. The van der Waals surface area contributed by atoms with Crippen LogP contribution in [-0.2, 0) is 21.2 Å². The van der Waals surface area contributed by atoms with Crippen molar-refractivity contribution in [3.8, 4) is 0 Å². The van der Waals surface area contributed by atoms with Crippen LogP contribution in [0.25, 0.3) is 11.0 Å². The number of imidazole rings is 1. The van der Waals surface area contributed by atoms with Crippen molar-refractivity contribution < 1.29 is 13.2 Å². The lowest BCUT2D eigenvalue weighted by atomic mass is 10.1. The van der Waals surface area contributed by atoms with E-state index in [2.05, 4.69) is 4.98 Å². The third-order valence-corrected chi connectivity index (χ3v) is 7.32. The summed E-state index contributed by atoms with van der Waals surface area (Å²) < 4.78 is 28.0. The van der Waals surface area contributed by atoms with E-state index in [0.717, 1.165) is 28.1 Å². The maximum absolute atomic E-state index is 13.3. The monoisotopic (exact) mass is 412 g/mol. The minimum Gasteiger partial charge on any atom is -0.316 e. The molecule has 1 aliphatic rings. The van der Waals surface area contributed by atoms with Crippen molar-refractivity contribution >= 4 is 32.7 Å². The molecule has 1 aromatic heterocycles. The molecule has 0 aliphatic carbocycles. The zero-order chi connectivity index (χ0) is 20.9. The van der Waals surface area contributed by atoms with Gasteiger partial charge in [-0.2, -0.15) is 0 Å². The first-order valence-corrected chi connectivity index (χ1v) is 11.0. The van der Waals surface area contributed by atoms with Gasteiger partial charge in [-0.25, -0.2) is 17.7 Å². The Hall–Kier alpha value is -2.71. The highest BCUT2D eigenvalue weighted by Crippen LogP contribution is 2.33. The molecule has 29 heavy (non-hydrogen) atoms. The number of aromatic nitrogens is 2. The van der Waals surface area contributed by atoms with Crippen molar-refractivity contribution in [2.45, 2.75) is 31.2 Å². The molecule has 0 fully saturated rings. The summed E-state index contributed by atoms with van der Waals surface area (Å²) in [6, 6.07) is 12.4. The first-order chi connectivity index (χ1) is 13.7. The summed E-state index contributed by atoms with van der Waals surface area (Å²) in [6.45, 7) is 4.32. The maximum atomic E-state index is 13.3. The molecule has 0 bridgehead atoms. The van der Waals surface area contributed by atoms with Gasteiger partial charge in [0, 0.05) is 26.3 Å². The molecule has 7 nitrogen and oxygen atoms in total. The number of aryl methyl sites for hydroxylation is 1. The smallest absolute Gasteiger partial charge is 0.249 e. The van der Waals surface area contributed by atoms with E-state index < -0.39 is 16.1 Å². The number of benzene rings is 2. The number of sulfonamides is 1. The van der Waals surface area contributed by atoms with E-state index in [4.69, 9.17) is 0 Å². The third-order valence-electron chi connectivity index (χ3n) is 5.51. The Kier molecular flexibility index (Phi) is 4.71. The summed E-state index contributed by atoms with van der Waals surface area (Å²) in [5, 5.41) is 0. The van der Waals surface area contributed by atoms with Gasteiger partial charge in [0.15, 0.2) is 0 Å². The van der Waals surface area contributed by atoms with E-state index in [1.54, 1.807) is 23.1 Å². The van der Waals surface area contributed by atoms with Crippen LogP contribution in [-0.4, -0.2) is 48.8 Å². The Morgan fingerprint density at radius 1 is 1.17 bits per heavy atom. The number of carbonyl (C=O) groups is 1. The molecule has 0 N–H and O–H groups in total. The summed E-state index contributed by atoms with van der Waals surface area (Å²) in [5.74, 6) is 0.761. The van der Waals surface area contributed by atoms with Crippen molar-refractivity contribution in [3.63, 3.8) is 0 Å². The van der Waals surface area contributed by atoms with E-state index in [9.17, 15) is 13.2 Å². The van der Waals surface area contributed by atoms with Gasteiger partial charge >= 0.3 is 0 Å². The number of para-hydroxylation sites is 2. The number of hydrogen-bond donors (Lipinski definition) is 0. The molecule has 4 rings (SSSR count). The van der Waals surface area contributed by atoms with Crippen molar-refractivity contribution in [1.82, 2.24) is 13.9 Å². The third kappa shape index (κ3) is 3.12. The Labute approximate surface area is 170 Å². The normalized spacial score (nSPS) is 15.1. The van der Waals surface area contributed by atoms with Crippen LogP contribution in [0.3, 0.4) is 0 Å². The zero-order valence-corrected chi connectivity index (χ0v) is 17.8. The van der Waals surface area contributed by atoms with Gasteiger partial charge in [0.1, 0.15) is 11.9 Å². The average Bonchev–Trinajstić information content (AvgIpc) is 3.26. The Balaban J connectivity index is 1.67. The molecule has 1 unspecified atom stereocenters. The predicted octanol–water partition coefficient (Wildman–Crippen LogP) is 2.75. The maximum Gasteiger partial charge on any atom is 0.249 e. The van der Waals surface area contributed by atoms with E-state index >= 15 is 0 Å². The lowest BCUT2D eigenvalue weighted by Gasteiger charge is -2.24. The summed E-state index contributed by atoms with van der Waals surface area (Å²) in [4.78, 5) is 19.9. The number of hydrogen-bond acceptors (Lipinski definition) is 4. The van der Waals surface area contributed by atoms with Crippen LogP contribution in [0.15, 0.2) is 47.4 Å². The van der Waals surface area contributed by atoms with Gasteiger partial charge < -0.3 is 9.47 Å². The van der Waals surface area contributed by atoms with Gasteiger partial charge in [-0.15, -0.1) is 0 Å². The second-order valence-corrected chi connectivity index (χ2v) is 9.66. The van der Waals surface area contributed by atoms with Gasteiger partial charge in [-0.1, -0.05) is 12.1 Å². The zero-order valence-electron chi connectivity index (χ0n) is 17.0. The summed E-state index contributed by atoms with van der Waals surface area (Å²) >= 11 is 0. The van der Waals surface area contributed by atoms with Crippen LogP contribution in [0.5, 0.6) is 0 Å². The predicted molar refractivity (Wildman–Crippen MR) is 113 cm³/mol. The highest BCUT2D eigenvalue weighted by Gasteiger charge is 2.31. The molecular weight excluding hydrogens is 388 g/mol. The van der Waals surface area contributed by atoms with Crippen LogP contribution in [0.2, 0.25) is 0 Å². The van der Waals surface area contributed by atoms with Crippen LogP contribution >= 0.6 is 0 Å². The molecule has 8 heteroatoms. The van der Waals surface area contributed by atoms with Crippen LogP contribution < -0.4 is 4.90 Å². The molecule has 1 aliphatic heterocycles. The van der Waals surface area contributed by atoms with Crippen LogP contribution in [0.4, 0.5) is 5.69 Å². The van der Waals surface area contributed by atoms with Gasteiger partial charge in [-0.05, 0) is 56.2 Å². The van der Waals surface area contributed by atoms with Crippen LogP contribution in [0, 0.1) is 6.92 Å². The SMILES string of the molecule is Cc1nc2ccccc2n1C(C)C(=O)N1CCc2cc(S(=O)(=O)N(C)C)ccc21. The standard InChI is InChI=1S/C21H24N4O3S/c1-14(25-15(2)22-18-7-5-6-8-20(18)25)21(26)24-12-11-16-13-17(9-10-19(16)24)29(27,28)23(3)4/h5-10,13-14H,11-12H2,1-4H3. The second-order valence-electron chi connectivity index (χ2n) is 7.51. The quantitative estimate of drug-likeness (QED) is 0.660. The van der Waals surface area contributed by atoms with E-state index in [1.165, 1.54) is 18.4 Å². The minimum absolute atomic E-state index is 0.0294.